The minimum Gasteiger partial charge on any atom is -0.480 e. The monoisotopic (exact) mass is 188 g/mol. The molecule has 13 heavy (non-hydrogen) atoms. The summed E-state index contributed by atoms with van der Waals surface area (Å²) in [7, 11) is 0. The third-order valence-electron chi connectivity index (χ3n) is 1.78. The maximum absolute atomic E-state index is 10.9. The van der Waals surface area contributed by atoms with Crippen molar-refractivity contribution in [3.05, 3.63) is 0 Å². The Morgan fingerprint density at radius 3 is 2.08 bits per heavy atom. The Bertz CT molecular complexity index is 235. The Morgan fingerprint density at radius 2 is 1.85 bits per heavy atom. The maximum atomic E-state index is 10.9. The van der Waals surface area contributed by atoms with Gasteiger partial charge in [-0.2, -0.15) is 0 Å². The van der Waals surface area contributed by atoms with Crippen molar-refractivity contribution in [1.82, 2.24) is 0 Å². The second-order valence-electron chi connectivity index (χ2n) is 2.80. The Balaban J connectivity index is 4.52. The van der Waals surface area contributed by atoms with Gasteiger partial charge in [0.2, 0.25) is 5.91 Å². The third kappa shape index (κ3) is 2.83. The van der Waals surface area contributed by atoms with Crippen LogP contribution in [0.2, 0.25) is 0 Å². The van der Waals surface area contributed by atoms with Crippen LogP contribution in [0.3, 0.4) is 0 Å². The summed E-state index contributed by atoms with van der Waals surface area (Å²) in [5, 5.41) is 8.62. The van der Waals surface area contributed by atoms with E-state index in [2.05, 4.69) is 0 Å². The molecule has 1 amide bonds. The molecule has 0 fully saturated rings. The van der Waals surface area contributed by atoms with E-state index in [1.807, 2.05) is 0 Å². The summed E-state index contributed by atoms with van der Waals surface area (Å²) >= 11 is 0. The zero-order valence-electron chi connectivity index (χ0n) is 7.24. The molecule has 0 saturated carbocycles. The highest BCUT2D eigenvalue weighted by Crippen LogP contribution is 2.11. The Morgan fingerprint density at radius 1 is 1.38 bits per heavy atom. The summed E-state index contributed by atoms with van der Waals surface area (Å²) < 4.78 is 0. The third-order valence-corrected chi connectivity index (χ3v) is 1.78. The minimum atomic E-state index is -1.99. The fourth-order valence-corrected chi connectivity index (χ4v) is 0.754. The van der Waals surface area contributed by atoms with E-state index in [0.29, 0.717) is 0 Å². The van der Waals surface area contributed by atoms with Crippen molar-refractivity contribution in [3.63, 3.8) is 0 Å². The van der Waals surface area contributed by atoms with Gasteiger partial charge in [0.15, 0.2) is 11.3 Å². The molecule has 0 radical (unpaired) electrons. The van der Waals surface area contributed by atoms with Crippen molar-refractivity contribution in [2.24, 2.45) is 11.5 Å². The largest absolute Gasteiger partial charge is 0.480 e. The number of Topliss-reactive ketones (excluding diaryl/α,β-unsaturated/α-hetero) is 1. The highest BCUT2D eigenvalue weighted by molar-refractivity contribution is 6.06. The summed E-state index contributed by atoms with van der Waals surface area (Å²) in [5.41, 5.74) is 8.09. The van der Waals surface area contributed by atoms with Crippen molar-refractivity contribution in [1.29, 1.82) is 0 Å². The average molecular weight is 188 g/mol. The molecule has 6 heteroatoms. The molecular weight excluding hydrogens is 176 g/mol. The van der Waals surface area contributed by atoms with Gasteiger partial charge < -0.3 is 16.6 Å². The number of rotatable bonds is 5. The molecule has 0 aromatic heterocycles. The first kappa shape index (κ1) is 11.6. The molecule has 0 aromatic rings. The van der Waals surface area contributed by atoms with Crippen LogP contribution in [-0.2, 0) is 14.4 Å². The molecule has 0 rings (SSSR count). The average Bonchev–Trinajstić information content (AvgIpc) is 1.99. The molecule has 0 aromatic carbocycles. The summed E-state index contributed by atoms with van der Waals surface area (Å²) in [4.78, 5) is 31.8. The molecule has 0 spiro atoms. The summed E-state index contributed by atoms with van der Waals surface area (Å²) in [6, 6.07) is 0. The molecule has 6 nitrogen and oxygen atoms in total. The van der Waals surface area contributed by atoms with Crippen LogP contribution in [0.5, 0.6) is 0 Å². The van der Waals surface area contributed by atoms with Gasteiger partial charge in [-0.3, -0.25) is 9.59 Å². The van der Waals surface area contributed by atoms with Gasteiger partial charge >= 0.3 is 5.97 Å². The zero-order valence-corrected chi connectivity index (χ0v) is 7.24. The van der Waals surface area contributed by atoms with Gasteiger partial charge in [0, 0.05) is 6.42 Å². The van der Waals surface area contributed by atoms with Gasteiger partial charge in [-0.1, -0.05) is 0 Å². The zero-order chi connectivity index (χ0) is 10.6. The fraction of sp³-hybridized carbons (Fsp3) is 0.571. The van der Waals surface area contributed by atoms with Gasteiger partial charge in [0.1, 0.15) is 0 Å². The molecule has 0 bridgehead atoms. The number of aliphatic carboxylic acids is 1. The van der Waals surface area contributed by atoms with Gasteiger partial charge in [-0.25, -0.2) is 4.79 Å². The topological polar surface area (TPSA) is 123 Å². The van der Waals surface area contributed by atoms with E-state index in [4.69, 9.17) is 16.6 Å². The lowest BCUT2D eigenvalue weighted by Gasteiger charge is -2.20. The second-order valence-corrected chi connectivity index (χ2v) is 2.80. The Kier molecular flexibility index (Phi) is 3.55. The predicted molar refractivity (Wildman–Crippen MR) is 43.7 cm³/mol. The maximum Gasteiger partial charge on any atom is 0.331 e. The van der Waals surface area contributed by atoms with Gasteiger partial charge in [0.05, 0.1) is 0 Å². The number of amides is 1. The van der Waals surface area contributed by atoms with Crippen LogP contribution in [0.1, 0.15) is 19.8 Å². The molecule has 0 aliphatic carbocycles. The van der Waals surface area contributed by atoms with E-state index < -0.39 is 23.2 Å². The first-order chi connectivity index (χ1) is 5.80. The van der Waals surface area contributed by atoms with Crippen LogP contribution >= 0.6 is 0 Å². The standard InChI is InChI=1S/C7H12N2O4/c1-4(10)7(9,6(12)13)3-2-5(8)11/h2-3,9H2,1H3,(H2,8,11)(H,12,13)/t7-/m1/s1. The summed E-state index contributed by atoms with van der Waals surface area (Å²) in [6.45, 7) is 1.06. The van der Waals surface area contributed by atoms with Crippen molar-refractivity contribution in [2.45, 2.75) is 25.3 Å². The number of carbonyl (C=O) groups is 3. The molecule has 0 aliphatic heterocycles. The molecule has 0 heterocycles. The van der Waals surface area contributed by atoms with E-state index in [9.17, 15) is 14.4 Å². The smallest absolute Gasteiger partial charge is 0.331 e. The number of ketones is 1. The lowest BCUT2D eigenvalue weighted by atomic mass is 9.90. The van der Waals surface area contributed by atoms with Crippen LogP contribution in [0.25, 0.3) is 0 Å². The quantitative estimate of drug-likeness (QED) is 0.459. The van der Waals surface area contributed by atoms with Crippen LogP contribution in [-0.4, -0.2) is 28.3 Å². The SMILES string of the molecule is CC(=O)[C@](N)(CCC(N)=O)C(=O)O. The second kappa shape index (κ2) is 3.99. The summed E-state index contributed by atoms with van der Waals surface area (Å²) in [5.74, 6) is -2.82. The Hall–Kier alpha value is -1.43. The molecule has 74 valence electrons. The van der Waals surface area contributed by atoms with E-state index in [-0.39, 0.29) is 12.8 Å². The van der Waals surface area contributed by atoms with E-state index >= 15 is 0 Å². The molecule has 0 unspecified atom stereocenters. The highest BCUT2D eigenvalue weighted by Gasteiger charge is 2.39. The fourth-order valence-electron chi connectivity index (χ4n) is 0.754. The number of carbonyl (C=O) groups excluding carboxylic acids is 2. The number of nitrogens with two attached hydrogens (primary N) is 2. The van der Waals surface area contributed by atoms with Crippen molar-refractivity contribution in [2.75, 3.05) is 0 Å². The van der Waals surface area contributed by atoms with Crippen molar-refractivity contribution >= 4 is 17.7 Å². The van der Waals surface area contributed by atoms with Crippen molar-refractivity contribution < 1.29 is 19.5 Å². The van der Waals surface area contributed by atoms with Crippen molar-refractivity contribution in [3.8, 4) is 0 Å². The van der Waals surface area contributed by atoms with E-state index in [1.165, 1.54) is 0 Å². The van der Waals surface area contributed by atoms with Gasteiger partial charge in [0.25, 0.3) is 0 Å². The molecule has 0 aliphatic rings. The number of carboxylic acids is 1. The lowest BCUT2D eigenvalue weighted by molar-refractivity contribution is -0.148. The first-order valence-electron chi connectivity index (χ1n) is 3.62. The molecular formula is C7H12N2O4. The predicted octanol–water partition coefficient (Wildman–Crippen LogP) is -1.38. The number of primary amides is 1. The number of hydrogen-bond acceptors (Lipinski definition) is 4. The van der Waals surface area contributed by atoms with E-state index in [1.54, 1.807) is 0 Å². The molecule has 0 saturated heterocycles. The normalized spacial score (nSPS) is 14.6. The van der Waals surface area contributed by atoms with Crippen LogP contribution in [0, 0.1) is 0 Å². The van der Waals surface area contributed by atoms with E-state index in [0.717, 1.165) is 6.92 Å². The highest BCUT2D eigenvalue weighted by atomic mass is 16.4. The van der Waals surface area contributed by atoms with Crippen LogP contribution in [0.15, 0.2) is 0 Å². The number of carboxylic acid groups (broad SMARTS) is 1. The van der Waals surface area contributed by atoms with Gasteiger partial charge in [-0.15, -0.1) is 0 Å². The minimum absolute atomic E-state index is 0.220. The first-order valence-corrected chi connectivity index (χ1v) is 3.62. The molecule has 1 atom stereocenters. The molecule has 5 N–H and O–H groups in total. The Labute approximate surface area is 74.9 Å². The van der Waals surface area contributed by atoms with Crippen LogP contribution in [0.4, 0.5) is 0 Å². The van der Waals surface area contributed by atoms with Gasteiger partial charge in [-0.05, 0) is 13.3 Å². The van der Waals surface area contributed by atoms with Crippen LogP contribution < -0.4 is 11.5 Å². The summed E-state index contributed by atoms with van der Waals surface area (Å²) in [6.07, 6.45) is -0.491. The number of hydrogen-bond donors (Lipinski definition) is 3. The lowest BCUT2D eigenvalue weighted by Crippen LogP contribution is -2.54.